The molecule has 6 heteroatoms. The second-order valence-corrected chi connectivity index (χ2v) is 7.95. The number of nitrogens with zero attached hydrogens (tertiary/aromatic N) is 2. The first-order valence-corrected chi connectivity index (χ1v) is 10.3. The number of aromatic nitrogens is 2. The topological polar surface area (TPSA) is 86.3 Å². The van der Waals surface area contributed by atoms with Crippen LogP contribution < -0.4 is 0 Å². The third-order valence-corrected chi connectivity index (χ3v) is 5.82. The Morgan fingerprint density at radius 1 is 1.09 bits per heavy atom. The summed E-state index contributed by atoms with van der Waals surface area (Å²) in [5, 5.41) is 12.1. The number of aliphatic hydroxyl groups excluding tert-OH is 1. The summed E-state index contributed by atoms with van der Waals surface area (Å²) in [5.74, 6) is -1.51. The summed E-state index contributed by atoms with van der Waals surface area (Å²) in [7, 11) is 0. The number of nitrogens with one attached hydrogen (secondary N) is 1. The number of ketones is 1. The van der Waals surface area contributed by atoms with Crippen LogP contribution in [0.3, 0.4) is 0 Å². The van der Waals surface area contributed by atoms with Crippen molar-refractivity contribution in [1.29, 1.82) is 0 Å². The van der Waals surface area contributed by atoms with Gasteiger partial charge in [-0.2, -0.15) is 0 Å². The van der Waals surface area contributed by atoms with Crippen molar-refractivity contribution in [2.45, 2.75) is 19.5 Å². The Labute approximate surface area is 184 Å². The molecular weight excluding hydrogens is 402 g/mol. The Bertz CT molecular complexity index is 1370. The molecule has 1 fully saturated rings. The number of aromatic amines is 1. The number of Topliss-reactive ketones (excluding diaryl/α,β-unsaturated/α-hetero) is 1. The molecular formula is C26H21N3O3. The summed E-state index contributed by atoms with van der Waals surface area (Å²) in [6, 6.07) is 18.1. The maximum Gasteiger partial charge on any atom is 0.295 e. The number of H-pyrrole nitrogens is 1. The number of benzene rings is 2. The number of pyridine rings is 1. The molecule has 158 valence electrons. The Kier molecular flexibility index (Phi) is 4.82. The summed E-state index contributed by atoms with van der Waals surface area (Å²) in [6.07, 6.45) is 5.00. The van der Waals surface area contributed by atoms with E-state index in [-0.39, 0.29) is 17.9 Å². The molecule has 0 radical (unpaired) electrons. The van der Waals surface area contributed by atoms with E-state index in [1.54, 1.807) is 24.7 Å². The van der Waals surface area contributed by atoms with E-state index in [9.17, 15) is 14.7 Å². The zero-order valence-corrected chi connectivity index (χ0v) is 17.4. The normalized spacial score (nSPS) is 17.9. The molecule has 1 saturated heterocycles. The quantitative estimate of drug-likeness (QED) is 0.288. The van der Waals surface area contributed by atoms with Crippen LogP contribution in [0.5, 0.6) is 0 Å². The van der Waals surface area contributed by atoms with Crippen LogP contribution in [0.2, 0.25) is 0 Å². The van der Waals surface area contributed by atoms with Crippen LogP contribution in [0.4, 0.5) is 0 Å². The van der Waals surface area contributed by atoms with Crippen LogP contribution in [0, 0.1) is 6.92 Å². The van der Waals surface area contributed by atoms with E-state index in [4.69, 9.17) is 0 Å². The lowest BCUT2D eigenvalue weighted by Gasteiger charge is -2.25. The number of carbonyl (C=O) groups is 2. The van der Waals surface area contributed by atoms with Crippen molar-refractivity contribution in [2.24, 2.45) is 0 Å². The van der Waals surface area contributed by atoms with E-state index in [1.165, 1.54) is 4.90 Å². The number of aliphatic hydroxyl groups is 1. The molecule has 1 aliphatic rings. The average molecular weight is 423 g/mol. The van der Waals surface area contributed by atoms with E-state index in [0.717, 1.165) is 27.6 Å². The fourth-order valence-corrected chi connectivity index (χ4v) is 4.33. The fourth-order valence-electron chi connectivity index (χ4n) is 4.33. The van der Waals surface area contributed by atoms with Gasteiger partial charge in [-0.3, -0.25) is 14.6 Å². The molecule has 0 saturated carbocycles. The van der Waals surface area contributed by atoms with Gasteiger partial charge in [0.1, 0.15) is 5.76 Å². The van der Waals surface area contributed by atoms with Gasteiger partial charge in [-0.05, 0) is 30.2 Å². The van der Waals surface area contributed by atoms with Crippen molar-refractivity contribution in [3.05, 3.63) is 107 Å². The number of aryl methyl sites for hydroxylation is 1. The van der Waals surface area contributed by atoms with E-state index in [0.29, 0.717) is 5.56 Å². The van der Waals surface area contributed by atoms with Crippen LogP contribution >= 0.6 is 0 Å². The number of likely N-dealkylation sites (tertiary alicyclic amines) is 1. The Hall–Kier alpha value is -4.19. The number of rotatable bonds is 4. The van der Waals surface area contributed by atoms with Crippen molar-refractivity contribution in [3.8, 4) is 0 Å². The van der Waals surface area contributed by atoms with Gasteiger partial charge in [0, 0.05) is 41.6 Å². The highest BCUT2D eigenvalue weighted by atomic mass is 16.3. The fraction of sp³-hybridized carbons (Fsp3) is 0.115. The van der Waals surface area contributed by atoms with Gasteiger partial charge in [-0.1, -0.05) is 54.1 Å². The van der Waals surface area contributed by atoms with Gasteiger partial charge in [-0.25, -0.2) is 0 Å². The number of hydrogen-bond acceptors (Lipinski definition) is 4. The van der Waals surface area contributed by atoms with Crippen molar-refractivity contribution in [1.82, 2.24) is 14.9 Å². The number of fused-ring (bicyclic) bond motifs is 1. The zero-order valence-electron chi connectivity index (χ0n) is 17.4. The third-order valence-electron chi connectivity index (χ3n) is 5.82. The van der Waals surface area contributed by atoms with Crippen molar-refractivity contribution in [2.75, 3.05) is 0 Å². The molecule has 1 aliphatic heterocycles. The maximum atomic E-state index is 13.2. The molecule has 3 heterocycles. The zero-order chi connectivity index (χ0) is 22.2. The summed E-state index contributed by atoms with van der Waals surface area (Å²) in [4.78, 5) is 35.1. The molecule has 0 spiro atoms. The number of amides is 1. The summed E-state index contributed by atoms with van der Waals surface area (Å²) in [6.45, 7) is 2.16. The molecule has 0 aliphatic carbocycles. The van der Waals surface area contributed by atoms with Gasteiger partial charge in [0.15, 0.2) is 0 Å². The van der Waals surface area contributed by atoms with E-state index in [1.807, 2.05) is 61.5 Å². The van der Waals surface area contributed by atoms with Crippen molar-refractivity contribution < 1.29 is 14.7 Å². The second kappa shape index (κ2) is 7.81. The standard InChI is InChI=1S/C26H21N3O3/c1-16-6-4-8-18(12-16)23-22(24(30)20-14-28-21-10-3-2-9-19(20)21)25(31)26(32)29(23)15-17-7-5-11-27-13-17/h2-14,23,28,30H,15H2,1H3/b24-22-. The Morgan fingerprint density at radius 2 is 1.94 bits per heavy atom. The second-order valence-electron chi connectivity index (χ2n) is 7.95. The van der Waals surface area contributed by atoms with Crippen LogP contribution in [-0.2, 0) is 16.1 Å². The van der Waals surface area contributed by atoms with E-state index in [2.05, 4.69) is 9.97 Å². The van der Waals surface area contributed by atoms with Crippen molar-refractivity contribution in [3.63, 3.8) is 0 Å². The lowest BCUT2D eigenvalue weighted by atomic mass is 9.94. The molecule has 2 N–H and O–H groups in total. The largest absolute Gasteiger partial charge is 0.507 e. The minimum atomic E-state index is -0.705. The molecule has 1 unspecified atom stereocenters. The molecule has 0 bridgehead atoms. The minimum Gasteiger partial charge on any atom is -0.507 e. The predicted molar refractivity (Wildman–Crippen MR) is 122 cm³/mol. The minimum absolute atomic E-state index is 0.0919. The molecule has 1 amide bonds. The average Bonchev–Trinajstić information content (AvgIpc) is 3.34. The smallest absolute Gasteiger partial charge is 0.295 e. The first kappa shape index (κ1) is 19.8. The first-order chi connectivity index (χ1) is 15.5. The highest BCUT2D eigenvalue weighted by molar-refractivity contribution is 6.46. The highest BCUT2D eigenvalue weighted by Crippen LogP contribution is 2.41. The lowest BCUT2D eigenvalue weighted by molar-refractivity contribution is -0.140. The molecule has 6 nitrogen and oxygen atoms in total. The van der Waals surface area contributed by atoms with Gasteiger partial charge >= 0.3 is 0 Å². The molecule has 5 rings (SSSR count). The van der Waals surface area contributed by atoms with Crippen LogP contribution in [0.15, 0.2) is 84.8 Å². The Balaban J connectivity index is 1.70. The van der Waals surface area contributed by atoms with Gasteiger partial charge < -0.3 is 15.0 Å². The molecule has 2 aromatic heterocycles. The van der Waals surface area contributed by atoms with Gasteiger partial charge in [0.2, 0.25) is 0 Å². The summed E-state index contributed by atoms with van der Waals surface area (Å²) in [5.41, 5.74) is 4.01. The van der Waals surface area contributed by atoms with Gasteiger partial charge in [0.25, 0.3) is 11.7 Å². The lowest BCUT2D eigenvalue weighted by Crippen LogP contribution is -2.29. The molecule has 2 aromatic carbocycles. The maximum absolute atomic E-state index is 13.2. The highest BCUT2D eigenvalue weighted by Gasteiger charge is 2.46. The molecule has 1 atom stereocenters. The van der Waals surface area contributed by atoms with Crippen LogP contribution in [0.1, 0.15) is 28.3 Å². The first-order valence-electron chi connectivity index (χ1n) is 10.3. The van der Waals surface area contributed by atoms with E-state index >= 15 is 0 Å². The third kappa shape index (κ3) is 3.26. The van der Waals surface area contributed by atoms with Crippen molar-refractivity contribution >= 4 is 28.4 Å². The van der Waals surface area contributed by atoms with Gasteiger partial charge in [0.05, 0.1) is 11.6 Å². The van der Waals surface area contributed by atoms with Crippen LogP contribution in [-0.4, -0.2) is 31.7 Å². The van der Waals surface area contributed by atoms with Gasteiger partial charge in [-0.15, -0.1) is 0 Å². The van der Waals surface area contributed by atoms with E-state index < -0.39 is 17.7 Å². The van der Waals surface area contributed by atoms with Crippen LogP contribution in [0.25, 0.3) is 16.7 Å². The monoisotopic (exact) mass is 423 g/mol. The SMILES string of the molecule is Cc1cccc(C2/C(=C(/O)c3c[nH]c4ccccc34)C(=O)C(=O)N2Cc2cccnc2)c1. The Morgan fingerprint density at radius 3 is 2.72 bits per heavy atom. The number of para-hydroxylation sites is 1. The summed E-state index contributed by atoms with van der Waals surface area (Å²) < 4.78 is 0. The number of carbonyl (C=O) groups excluding carboxylic acids is 2. The molecule has 32 heavy (non-hydrogen) atoms. The molecule has 4 aromatic rings. The summed E-state index contributed by atoms with van der Waals surface area (Å²) >= 11 is 0. The number of hydrogen-bond donors (Lipinski definition) is 2. The predicted octanol–water partition coefficient (Wildman–Crippen LogP) is 4.49.